The average molecular weight is 328 g/mol. The van der Waals surface area contributed by atoms with E-state index in [0.717, 1.165) is 11.1 Å². The van der Waals surface area contributed by atoms with Crippen LogP contribution >= 0.6 is 0 Å². The highest BCUT2D eigenvalue weighted by Crippen LogP contribution is 2.30. The van der Waals surface area contributed by atoms with Gasteiger partial charge in [0.1, 0.15) is 13.2 Å². The van der Waals surface area contributed by atoms with Crippen LogP contribution in [-0.2, 0) is 21.0 Å². The maximum atomic E-state index is 12.6. The first-order valence-corrected chi connectivity index (χ1v) is 7.84. The van der Waals surface area contributed by atoms with Crippen molar-refractivity contribution in [3.05, 3.63) is 60.2 Å². The van der Waals surface area contributed by atoms with Gasteiger partial charge in [-0.3, -0.25) is 4.84 Å². The molecule has 3 rings (SSSR count). The van der Waals surface area contributed by atoms with Crippen LogP contribution in [-0.4, -0.2) is 47.2 Å². The van der Waals surface area contributed by atoms with Gasteiger partial charge < -0.3 is 9.64 Å². The predicted molar refractivity (Wildman–Crippen MR) is 87.7 cm³/mol. The minimum Gasteiger partial charge on any atom is -0.460 e. The molecular weight excluding hydrogens is 308 g/mol. The van der Waals surface area contributed by atoms with Crippen LogP contribution in [0.1, 0.15) is 12.5 Å². The Kier molecular flexibility index (Phi) is 4.66. The summed E-state index contributed by atoms with van der Waals surface area (Å²) in [6.07, 6.45) is 3.40. The van der Waals surface area contributed by atoms with E-state index in [0.29, 0.717) is 13.2 Å². The summed E-state index contributed by atoms with van der Waals surface area (Å²) in [5.74, 6) is -0.444. The predicted octanol–water partition coefficient (Wildman–Crippen LogP) is 2.28. The van der Waals surface area contributed by atoms with E-state index in [2.05, 4.69) is 6.58 Å². The summed E-state index contributed by atoms with van der Waals surface area (Å²) in [7, 11) is 0. The number of carbonyl (C=O) groups excluding carboxylic acids is 2. The van der Waals surface area contributed by atoms with Crippen LogP contribution in [0.2, 0.25) is 0 Å². The topological polar surface area (TPSA) is 59.1 Å². The number of benzene rings is 1. The number of nitrogens with zero attached hydrogens (tertiary/aromatic N) is 2. The Bertz CT molecular complexity index is 671. The van der Waals surface area contributed by atoms with E-state index in [1.807, 2.05) is 43.3 Å². The van der Waals surface area contributed by atoms with Crippen molar-refractivity contribution in [2.24, 2.45) is 0 Å². The fourth-order valence-electron chi connectivity index (χ4n) is 3.00. The minimum absolute atomic E-state index is 0.127. The summed E-state index contributed by atoms with van der Waals surface area (Å²) < 4.78 is 5.11. The van der Waals surface area contributed by atoms with Gasteiger partial charge in [0.05, 0.1) is 12.6 Å². The molecule has 126 valence electrons. The van der Waals surface area contributed by atoms with E-state index in [1.165, 1.54) is 16.0 Å². The van der Waals surface area contributed by atoms with Gasteiger partial charge in [-0.25, -0.2) is 9.59 Å². The van der Waals surface area contributed by atoms with Crippen molar-refractivity contribution < 1.29 is 19.2 Å². The zero-order chi connectivity index (χ0) is 17.1. The van der Waals surface area contributed by atoms with Crippen LogP contribution < -0.4 is 0 Å². The Morgan fingerprint density at radius 2 is 2.12 bits per heavy atom. The number of hydroxylamine groups is 2. The SMILES string of the molecule is C=CCOC(=O)[C@@H]1C(C)=C[C@@H]2CN1C(=O)N2OCc1ccccc1. The number of esters is 1. The summed E-state index contributed by atoms with van der Waals surface area (Å²) in [6.45, 7) is 6.19. The lowest BCUT2D eigenvalue weighted by Gasteiger charge is -2.28. The number of urea groups is 1. The number of hydrogen-bond donors (Lipinski definition) is 0. The van der Waals surface area contributed by atoms with E-state index < -0.39 is 12.0 Å². The van der Waals surface area contributed by atoms with E-state index in [4.69, 9.17) is 9.57 Å². The Morgan fingerprint density at radius 3 is 2.83 bits per heavy atom. The van der Waals surface area contributed by atoms with Crippen LogP contribution in [0, 0.1) is 0 Å². The molecule has 1 saturated heterocycles. The highest BCUT2D eigenvalue weighted by Gasteiger charge is 2.48. The van der Waals surface area contributed by atoms with Crippen molar-refractivity contribution in [1.82, 2.24) is 9.96 Å². The molecule has 2 amide bonds. The molecule has 0 aromatic heterocycles. The molecule has 0 spiro atoms. The van der Waals surface area contributed by atoms with Crippen LogP contribution in [0.25, 0.3) is 0 Å². The lowest BCUT2D eigenvalue weighted by molar-refractivity contribution is -0.146. The van der Waals surface area contributed by atoms with Gasteiger partial charge >= 0.3 is 12.0 Å². The molecule has 0 saturated carbocycles. The standard InChI is InChI=1S/C18H20N2O4/c1-3-9-23-17(21)16-13(2)10-15-11-19(16)18(22)20(15)24-12-14-7-5-4-6-8-14/h3-8,10,15-16H,1,9,11-12H2,2H3/t15-,16+/m1/s1. The van der Waals surface area contributed by atoms with Gasteiger partial charge in [0.15, 0.2) is 6.04 Å². The van der Waals surface area contributed by atoms with Crippen molar-refractivity contribution in [3.8, 4) is 0 Å². The van der Waals surface area contributed by atoms with E-state index >= 15 is 0 Å². The maximum Gasteiger partial charge on any atom is 0.345 e. The molecule has 2 atom stereocenters. The number of ether oxygens (including phenoxy) is 1. The Labute approximate surface area is 140 Å². The normalized spacial score (nSPS) is 22.4. The number of fused-ring (bicyclic) bond motifs is 2. The molecule has 0 unspecified atom stereocenters. The van der Waals surface area contributed by atoms with Crippen LogP contribution in [0.4, 0.5) is 4.79 Å². The van der Waals surface area contributed by atoms with Crippen molar-refractivity contribution in [2.45, 2.75) is 25.6 Å². The molecule has 1 aromatic carbocycles. The number of rotatable bonds is 6. The highest BCUT2D eigenvalue weighted by atomic mass is 16.7. The molecule has 2 bridgehead atoms. The van der Waals surface area contributed by atoms with Crippen LogP contribution in [0.15, 0.2) is 54.6 Å². The molecule has 2 aliphatic heterocycles. The third-order valence-electron chi connectivity index (χ3n) is 4.10. The second-order valence-corrected chi connectivity index (χ2v) is 5.82. The summed E-state index contributed by atoms with van der Waals surface area (Å²) in [6, 6.07) is 8.43. The second kappa shape index (κ2) is 6.88. The molecule has 0 aliphatic carbocycles. The highest BCUT2D eigenvalue weighted by molar-refractivity contribution is 5.88. The molecule has 0 radical (unpaired) electrons. The summed E-state index contributed by atoms with van der Waals surface area (Å²) in [5, 5.41) is 1.34. The summed E-state index contributed by atoms with van der Waals surface area (Å²) in [5.41, 5.74) is 1.77. The van der Waals surface area contributed by atoms with Crippen LogP contribution in [0.5, 0.6) is 0 Å². The van der Waals surface area contributed by atoms with Crippen molar-refractivity contribution in [1.29, 1.82) is 0 Å². The molecule has 1 aromatic rings. The largest absolute Gasteiger partial charge is 0.460 e. The van der Waals surface area contributed by atoms with Crippen LogP contribution in [0.3, 0.4) is 0 Å². The minimum atomic E-state index is -0.695. The fraction of sp³-hybridized carbons (Fsp3) is 0.333. The molecule has 24 heavy (non-hydrogen) atoms. The lowest BCUT2D eigenvalue weighted by Crippen LogP contribution is -2.46. The van der Waals surface area contributed by atoms with Gasteiger partial charge in [0.2, 0.25) is 0 Å². The first kappa shape index (κ1) is 16.3. The molecule has 0 N–H and O–H groups in total. The van der Waals surface area contributed by atoms with E-state index in [9.17, 15) is 9.59 Å². The molecule has 2 aliphatic rings. The Balaban J connectivity index is 1.70. The summed E-state index contributed by atoms with van der Waals surface area (Å²) >= 11 is 0. The molecule has 2 heterocycles. The van der Waals surface area contributed by atoms with Crippen molar-refractivity contribution >= 4 is 12.0 Å². The van der Waals surface area contributed by atoms with Crippen molar-refractivity contribution in [3.63, 3.8) is 0 Å². The van der Waals surface area contributed by atoms with Gasteiger partial charge in [-0.1, -0.05) is 49.1 Å². The van der Waals surface area contributed by atoms with E-state index in [-0.39, 0.29) is 18.7 Å². The molecule has 6 heteroatoms. The maximum absolute atomic E-state index is 12.6. The zero-order valence-corrected chi connectivity index (χ0v) is 13.6. The smallest absolute Gasteiger partial charge is 0.345 e. The number of carbonyl (C=O) groups is 2. The second-order valence-electron chi connectivity index (χ2n) is 5.82. The quantitative estimate of drug-likeness (QED) is 0.594. The molecular formula is C18H20N2O4. The third-order valence-corrected chi connectivity index (χ3v) is 4.10. The first-order chi connectivity index (χ1) is 11.6. The fourth-order valence-corrected chi connectivity index (χ4v) is 3.00. The first-order valence-electron chi connectivity index (χ1n) is 7.84. The molecule has 1 fully saturated rings. The van der Waals surface area contributed by atoms with Gasteiger partial charge in [-0.15, -0.1) is 0 Å². The monoisotopic (exact) mass is 328 g/mol. The zero-order valence-electron chi connectivity index (χ0n) is 13.6. The van der Waals surface area contributed by atoms with Crippen molar-refractivity contribution in [2.75, 3.05) is 13.2 Å². The Hall–Kier alpha value is -2.60. The number of amides is 2. The van der Waals surface area contributed by atoms with Gasteiger partial charge in [0, 0.05) is 0 Å². The van der Waals surface area contributed by atoms with Gasteiger partial charge in [0.25, 0.3) is 0 Å². The van der Waals surface area contributed by atoms with E-state index in [1.54, 1.807) is 0 Å². The van der Waals surface area contributed by atoms with Gasteiger partial charge in [-0.05, 0) is 18.1 Å². The lowest BCUT2D eigenvalue weighted by atomic mass is 10.0. The number of hydrogen-bond acceptors (Lipinski definition) is 4. The summed E-state index contributed by atoms with van der Waals surface area (Å²) in [4.78, 5) is 32.0. The van der Waals surface area contributed by atoms with Gasteiger partial charge in [-0.2, -0.15) is 5.06 Å². The molecule has 6 nitrogen and oxygen atoms in total. The Morgan fingerprint density at radius 1 is 1.38 bits per heavy atom. The third kappa shape index (κ3) is 3.05. The average Bonchev–Trinajstić information content (AvgIpc) is 2.83.